The number of rotatable bonds is 2. The second-order valence-electron chi connectivity index (χ2n) is 7.72. The molecule has 1 spiro atoms. The van der Waals surface area contributed by atoms with Crippen LogP contribution >= 0.6 is 0 Å². The molecular weight excluding hydrogens is 327 g/mol. The summed E-state index contributed by atoms with van der Waals surface area (Å²) in [5.41, 5.74) is 5.50. The normalized spacial score (nSPS) is 29.3. The third-order valence-electron chi connectivity index (χ3n) is 6.40. The van der Waals surface area contributed by atoms with Gasteiger partial charge in [-0.1, -0.05) is 25.2 Å². The maximum Gasteiger partial charge on any atom is 0.123 e. The molecule has 26 heavy (non-hydrogen) atoms. The Bertz CT molecular complexity index is 969. The van der Waals surface area contributed by atoms with E-state index in [9.17, 15) is 4.39 Å². The molecule has 1 saturated carbocycles. The van der Waals surface area contributed by atoms with Gasteiger partial charge in [0.25, 0.3) is 0 Å². The van der Waals surface area contributed by atoms with Gasteiger partial charge in [-0.2, -0.15) is 5.10 Å². The molecule has 3 aliphatic rings. The highest BCUT2D eigenvalue weighted by atomic mass is 19.1. The van der Waals surface area contributed by atoms with E-state index in [1.54, 1.807) is 12.1 Å². The maximum atomic E-state index is 13.3. The van der Waals surface area contributed by atoms with E-state index in [2.05, 4.69) is 30.8 Å². The molecule has 1 aromatic heterocycles. The average molecular weight is 348 g/mol. The molecule has 2 heterocycles. The summed E-state index contributed by atoms with van der Waals surface area (Å²) in [6.45, 7) is 6.86. The highest BCUT2D eigenvalue weighted by Gasteiger charge is 2.57. The van der Waals surface area contributed by atoms with Crippen molar-refractivity contribution in [1.29, 1.82) is 0 Å². The Balaban J connectivity index is 1.59. The number of fused-ring (bicyclic) bond motifs is 3. The van der Waals surface area contributed by atoms with Crippen molar-refractivity contribution in [3.63, 3.8) is 0 Å². The van der Waals surface area contributed by atoms with E-state index < -0.39 is 0 Å². The van der Waals surface area contributed by atoms with Crippen LogP contribution in [0.15, 0.2) is 60.3 Å². The number of benzene rings is 1. The van der Waals surface area contributed by atoms with Crippen molar-refractivity contribution in [3.05, 3.63) is 77.4 Å². The third-order valence-corrected chi connectivity index (χ3v) is 6.40. The standard InChI is InChI=1S/C22H21FN2O/c1-3-15-11-22(26-14-15)9-8-17-10-20-16(12-21(17,22)2)13-24-25(20)19-6-4-18(23)5-7-19/h3-7,10-11,13H,1,8-9,12,14H2,2H3/t21-,22+/m0/s1. The van der Waals surface area contributed by atoms with Crippen LogP contribution in [0.3, 0.4) is 0 Å². The summed E-state index contributed by atoms with van der Waals surface area (Å²) >= 11 is 0. The first-order chi connectivity index (χ1) is 12.5. The second kappa shape index (κ2) is 5.27. The fraction of sp³-hybridized carbons (Fsp3) is 0.318. The molecule has 4 heteroatoms. The molecule has 132 valence electrons. The summed E-state index contributed by atoms with van der Waals surface area (Å²) in [7, 11) is 0. The predicted molar refractivity (Wildman–Crippen MR) is 99.5 cm³/mol. The van der Waals surface area contributed by atoms with Gasteiger partial charge in [-0.3, -0.25) is 0 Å². The first-order valence-electron chi connectivity index (χ1n) is 9.07. The molecule has 3 nitrogen and oxygen atoms in total. The van der Waals surface area contributed by atoms with Crippen molar-refractivity contribution in [2.75, 3.05) is 6.61 Å². The van der Waals surface area contributed by atoms with E-state index in [1.165, 1.54) is 28.8 Å². The fourth-order valence-corrected chi connectivity index (χ4v) is 4.83. The SMILES string of the molecule is C=CC1=C[C@@]2(CCC3=Cc4c(cnn4-c4ccc(F)cc4)C[C@@]32C)OC1. The first-order valence-corrected chi connectivity index (χ1v) is 9.07. The Morgan fingerprint density at radius 2 is 2.12 bits per heavy atom. The Morgan fingerprint density at radius 1 is 1.31 bits per heavy atom. The second-order valence-corrected chi connectivity index (χ2v) is 7.72. The van der Waals surface area contributed by atoms with Crippen molar-refractivity contribution < 1.29 is 9.13 Å². The molecule has 0 unspecified atom stereocenters. The molecule has 0 amide bonds. The van der Waals surface area contributed by atoms with Gasteiger partial charge in [-0.05, 0) is 66.8 Å². The zero-order valence-electron chi connectivity index (χ0n) is 14.8. The van der Waals surface area contributed by atoms with Crippen LogP contribution in [-0.4, -0.2) is 22.0 Å². The van der Waals surface area contributed by atoms with Crippen LogP contribution in [0, 0.1) is 11.2 Å². The molecule has 1 aliphatic heterocycles. The van der Waals surface area contributed by atoms with E-state index in [0.717, 1.165) is 30.6 Å². The fourth-order valence-electron chi connectivity index (χ4n) is 4.83. The van der Waals surface area contributed by atoms with Crippen LogP contribution in [0.1, 0.15) is 31.0 Å². The Hall–Kier alpha value is -2.46. The lowest BCUT2D eigenvalue weighted by Crippen LogP contribution is -2.44. The number of ether oxygens (including phenoxy) is 1. The largest absolute Gasteiger partial charge is 0.365 e. The molecule has 0 bridgehead atoms. The van der Waals surface area contributed by atoms with Gasteiger partial charge in [0.1, 0.15) is 5.82 Å². The highest BCUT2D eigenvalue weighted by molar-refractivity contribution is 5.63. The number of halogens is 1. The number of hydrogen-bond acceptors (Lipinski definition) is 2. The van der Waals surface area contributed by atoms with Crippen LogP contribution in [0.4, 0.5) is 4.39 Å². The first kappa shape index (κ1) is 15.8. The monoisotopic (exact) mass is 348 g/mol. The zero-order chi connectivity index (χ0) is 17.9. The van der Waals surface area contributed by atoms with Gasteiger partial charge in [-0.15, -0.1) is 0 Å². The molecule has 1 aromatic carbocycles. The molecule has 0 N–H and O–H groups in total. The summed E-state index contributed by atoms with van der Waals surface area (Å²) in [6.07, 6.45) is 11.3. The van der Waals surface area contributed by atoms with E-state index in [-0.39, 0.29) is 16.8 Å². The minimum atomic E-state index is -0.238. The van der Waals surface area contributed by atoms with Crippen molar-refractivity contribution in [2.24, 2.45) is 5.41 Å². The van der Waals surface area contributed by atoms with Gasteiger partial charge in [0.05, 0.1) is 29.8 Å². The van der Waals surface area contributed by atoms with Crippen LogP contribution in [0.2, 0.25) is 0 Å². The summed E-state index contributed by atoms with van der Waals surface area (Å²) in [4.78, 5) is 0. The smallest absolute Gasteiger partial charge is 0.123 e. The molecule has 0 radical (unpaired) electrons. The highest BCUT2D eigenvalue weighted by Crippen LogP contribution is 2.59. The van der Waals surface area contributed by atoms with Gasteiger partial charge in [0.2, 0.25) is 0 Å². The van der Waals surface area contributed by atoms with Crippen molar-refractivity contribution >= 4 is 6.08 Å². The van der Waals surface area contributed by atoms with Crippen LogP contribution in [0.25, 0.3) is 11.8 Å². The van der Waals surface area contributed by atoms with Crippen LogP contribution in [-0.2, 0) is 11.2 Å². The minimum Gasteiger partial charge on any atom is -0.365 e. The van der Waals surface area contributed by atoms with E-state index >= 15 is 0 Å². The van der Waals surface area contributed by atoms with E-state index in [0.29, 0.717) is 6.61 Å². The number of aromatic nitrogens is 2. The van der Waals surface area contributed by atoms with Gasteiger partial charge in [-0.25, -0.2) is 9.07 Å². The molecule has 1 fully saturated rings. The summed E-state index contributed by atoms with van der Waals surface area (Å²) < 4.78 is 21.5. The minimum absolute atomic E-state index is 0.0541. The maximum absolute atomic E-state index is 13.3. The molecule has 5 rings (SSSR count). The van der Waals surface area contributed by atoms with E-state index in [1.807, 2.05) is 17.0 Å². The lowest BCUT2D eigenvalue weighted by molar-refractivity contribution is -0.0396. The summed E-state index contributed by atoms with van der Waals surface area (Å²) in [5.74, 6) is -0.235. The Morgan fingerprint density at radius 3 is 2.85 bits per heavy atom. The molecule has 2 aromatic rings. The van der Waals surface area contributed by atoms with Gasteiger partial charge < -0.3 is 4.74 Å². The number of nitrogens with zero attached hydrogens (tertiary/aromatic N) is 2. The summed E-state index contributed by atoms with van der Waals surface area (Å²) in [6, 6.07) is 6.48. The van der Waals surface area contributed by atoms with Crippen molar-refractivity contribution in [3.8, 4) is 5.69 Å². The van der Waals surface area contributed by atoms with Gasteiger partial charge >= 0.3 is 0 Å². The van der Waals surface area contributed by atoms with Crippen LogP contribution in [0.5, 0.6) is 0 Å². The molecule has 0 saturated heterocycles. The Kier molecular flexibility index (Phi) is 3.20. The lowest BCUT2D eigenvalue weighted by atomic mass is 9.67. The average Bonchev–Trinajstić information content (AvgIpc) is 3.31. The topological polar surface area (TPSA) is 27.1 Å². The van der Waals surface area contributed by atoms with Crippen molar-refractivity contribution in [2.45, 2.75) is 31.8 Å². The molecule has 2 atom stereocenters. The van der Waals surface area contributed by atoms with Crippen molar-refractivity contribution in [1.82, 2.24) is 9.78 Å². The molecule has 2 aliphatic carbocycles. The quantitative estimate of drug-likeness (QED) is 0.791. The molecular formula is C22H21FN2O. The predicted octanol–water partition coefficient (Wildman–Crippen LogP) is 4.63. The Labute approximate surface area is 152 Å². The summed E-state index contributed by atoms with van der Waals surface area (Å²) in [5, 5.41) is 4.58. The zero-order valence-corrected chi connectivity index (χ0v) is 14.8. The number of hydrogen-bond donors (Lipinski definition) is 0. The lowest BCUT2D eigenvalue weighted by Gasteiger charge is -2.42. The van der Waals surface area contributed by atoms with Crippen LogP contribution < -0.4 is 0 Å². The van der Waals surface area contributed by atoms with Gasteiger partial charge in [0.15, 0.2) is 0 Å². The van der Waals surface area contributed by atoms with E-state index in [4.69, 9.17) is 4.74 Å². The van der Waals surface area contributed by atoms with Gasteiger partial charge in [0, 0.05) is 5.41 Å². The third kappa shape index (κ3) is 1.99.